The lowest BCUT2D eigenvalue weighted by Gasteiger charge is -2.07. The second-order valence-corrected chi connectivity index (χ2v) is 8.76. The summed E-state index contributed by atoms with van der Waals surface area (Å²) in [7, 11) is 1.27. The molecule has 180 valence electrons. The molecule has 1 heterocycles. The van der Waals surface area contributed by atoms with E-state index < -0.39 is 5.97 Å². The van der Waals surface area contributed by atoms with Crippen LogP contribution < -0.4 is 5.32 Å². The van der Waals surface area contributed by atoms with Crippen LogP contribution in [0.5, 0.6) is 5.75 Å². The average Bonchev–Trinajstić information content (AvgIpc) is 3.20. The first-order valence-corrected chi connectivity index (χ1v) is 12.5. The number of phenolic OH excluding ortho intramolecular Hbond substituents is 1. The largest absolute Gasteiger partial charge is 0.507 e. The number of aromatic hydroxyl groups is 1. The van der Waals surface area contributed by atoms with Gasteiger partial charge in [-0.25, -0.2) is 9.78 Å². The van der Waals surface area contributed by atoms with Crippen LogP contribution in [0.3, 0.4) is 0 Å². The molecule has 0 aliphatic heterocycles. The zero-order valence-corrected chi connectivity index (χ0v) is 22.5. The molecule has 0 aliphatic rings. The molecule has 33 heavy (non-hydrogen) atoms. The van der Waals surface area contributed by atoms with Crippen LogP contribution in [0.2, 0.25) is 10.0 Å². The summed E-state index contributed by atoms with van der Waals surface area (Å²) in [6.07, 6.45) is 0.859. The Morgan fingerprint density at radius 3 is 2.33 bits per heavy atom. The fourth-order valence-electron chi connectivity index (χ4n) is 2.79. The molecule has 3 aromatic rings. The zero-order chi connectivity index (χ0) is 25.1. The van der Waals surface area contributed by atoms with Crippen molar-refractivity contribution < 1.29 is 14.6 Å². The number of anilines is 2. The maximum absolute atomic E-state index is 11.8. The number of esters is 1. The molecule has 0 spiro atoms. The predicted molar refractivity (Wildman–Crippen MR) is 142 cm³/mol. The van der Waals surface area contributed by atoms with Crippen LogP contribution in [-0.4, -0.2) is 23.2 Å². The summed E-state index contributed by atoms with van der Waals surface area (Å²) in [6.45, 7) is 12.3. The van der Waals surface area contributed by atoms with Gasteiger partial charge in [-0.2, -0.15) is 0 Å². The van der Waals surface area contributed by atoms with E-state index in [1.807, 2.05) is 39.8 Å². The van der Waals surface area contributed by atoms with E-state index in [9.17, 15) is 9.90 Å². The number of nitrogens with one attached hydrogen (secondary N) is 1. The summed E-state index contributed by atoms with van der Waals surface area (Å²) in [5, 5.41) is 14.7. The van der Waals surface area contributed by atoms with Crippen molar-refractivity contribution in [2.45, 2.75) is 48.0 Å². The minimum atomic E-state index is -0.609. The monoisotopic (exact) mass is 510 g/mol. The second kappa shape index (κ2) is 14.1. The highest BCUT2D eigenvalue weighted by atomic mass is 35.5. The molecule has 0 aliphatic carbocycles. The van der Waals surface area contributed by atoms with Crippen molar-refractivity contribution in [1.82, 2.24) is 4.98 Å². The van der Waals surface area contributed by atoms with E-state index >= 15 is 0 Å². The predicted octanol–water partition coefficient (Wildman–Crippen LogP) is 8.60. The Bertz CT molecular complexity index is 1050. The van der Waals surface area contributed by atoms with Crippen molar-refractivity contribution in [1.29, 1.82) is 0 Å². The highest BCUT2D eigenvalue weighted by Crippen LogP contribution is 2.37. The van der Waals surface area contributed by atoms with Gasteiger partial charge in [0.2, 0.25) is 0 Å². The van der Waals surface area contributed by atoms with Crippen molar-refractivity contribution in [2.75, 3.05) is 12.4 Å². The first-order valence-electron chi connectivity index (χ1n) is 10.9. The molecular weight excluding hydrogens is 479 g/mol. The van der Waals surface area contributed by atoms with Crippen LogP contribution in [0.25, 0.3) is 11.3 Å². The van der Waals surface area contributed by atoms with Crippen LogP contribution in [0.15, 0.2) is 36.4 Å². The topological polar surface area (TPSA) is 71.5 Å². The number of rotatable bonds is 6. The zero-order valence-electron chi connectivity index (χ0n) is 20.1. The van der Waals surface area contributed by atoms with Gasteiger partial charge in [0.05, 0.1) is 22.8 Å². The SMILES string of the molecule is CC.CC.COC(=O)c1cc(Nc2nc(-c3ccc(Cl)c(Cl)c3)c(CC(C)C)s2)ccc1O. The number of nitrogens with zero attached hydrogens (tertiary/aromatic N) is 1. The van der Waals surface area contributed by atoms with Gasteiger partial charge in [-0.05, 0) is 42.7 Å². The third kappa shape index (κ3) is 7.91. The smallest absolute Gasteiger partial charge is 0.341 e. The highest BCUT2D eigenvalue weighted by Gasteiger charge is 2.17. The number of phenols is 1. The van der Waals surface area contributed by atoms with Gasteiger partial charge >= 0.3 is 5.97 Å². The number of carbonyl (C=O) groups is 1. The first kappa shape index (κ1) is 28.8. The summed E-state index contributed by atoms with van der Waals surface area (Å²) in [4.78, 5) is 17.7. The van der Waals surface area contributed by atoms with Gasteiger partial charge in [0, 0.05) is 16.1 Å². The van der Waals surface area contributed by atoms with Crippen molar-refractivity contribution in [2.24, 2.45) is 5.92 Å². The quantitative estimate of drug-likeness (QED) is 0.256. The van der Waals surface area contributed by atoms with Gasteiger partial charge in [-0.15, -0.1) is 11.3 Å². The molecule has 0 fully saturated rings. The Morgan fingerprint density at radius 1 is 1.09 bits per heavy atom. The third-order valence-electron chi connectivity index (χ3n) is 4.14. The van der Waals surface area contributed by atoms with Gasteiger partial charge in [0.1, 0.15) is 11.3 Å². The minimum absolute atomic E-state index is 0.0844. The lowest BCUT2D eigenvalue weighted by atomic mass is 10.0. The Kier molecular flexibility index (Phi) is 12.3. The number of benzene rings is 2. The molecule has 0 radical (unpaired) electrons. The van der Waals surface area contributed by atoms with Gasteiger partial charge in [0.15, 0.2) is 5.13 Å². The molecule has 0 bridgehead atoms. The summed E-state index contributed by atoms with van der Waals surface area (Å²) >= 11 is 13.8. The molecule has 8 heteroatoms. The van der Waals surface area contributed by atoms with Crippen LogP contribution in [-0.2, 0) is 11.2 Å². The summed E-state index contributed by atoms with van der Waals surface area (Å²) in [5.74, 6) is -0.301. The fraction of sp³-hybridized carbons (Fsp3) is 0.360. The Balaban J connectivity index is 0.00000129. The van der Waals surface area contributed by atoms with Crippen LogP contribution in [0, 0.1) is 5.92 Å². The van der Waals surface area contributed by atoms with Crippen LogP contribution in [0.1, 0.15) is 56.8 Å². The molecule has 0 saturated heterocycles. The molecule has 1 aromatic heterocycles. The number of methoxy groups -OCH3 is 1. The minimum Gasteiger partial charge on any atom is -0.507 e. The number of hydrogen-bond donors (Lipinski definition) is 2. The fourth-order valence-corrected chi connectivity index (χ4v) is 4.31. The molecule has 0 saturated carbocycles. The summed E-state index contributed by atoms with van der Waals surface area (Å²) < 4.78 is 4.70. The van der Waals surface area contributed by atoms with E-state index in [-0.39, 0.29) is 11.3 Å². The molecule has 0 amide bonds. The van der Waals surface area contributed by atoms with Gasteiger partial charge < -0.3 is 15.2 Å². The van der Waals surface area contributed by atoms with E-state index in [1.165, 1.54) is 30.6 Å². The number of halogens is 2. The molecule has 5 nitrogen and oxygen atoms in total. The summed E-state index contributed by atoms with van der Waals surface area (Å²) in [5.41, 5.74) is 2.44. The third-order valence-corrected chi connectivity index (χ3v) is 5.87. The average molecular weight is 512 g/mol. The van der Waals surface area contributed by atoms with Gasteiger partial charge in [-0.3, -0.25) is 0 Å². The number of ether oxygens (including phenoxy) is 1. The van der Waals surface area contributed by atoms with E-state index in [2.05, 4.69) is 19.2 Å². The Morgan fingerprint density at radius 2 is 1.76 bits per heavy atom. The highest BCUT2D eigenvalue weighted by molar-refractivity contribution is 7.16. The van der Waals surface area contributed by atoms with E-state index in [0.717, 1.165) is 22.6 Å². The van der Waals surface area contributed by atoms with Crippen molar-refractivity contribution in [3.05, 3.63) is 56.9 Å². The lowest BCUT2D eigenvalue weighted by molar-refractivity contribution is 0.0597. The molecule has 2 aromatic carbocycles. The normalized spacial score (nSPS) is 10.0. The van der Waals surface area contributed by atoms with Gasteiger partial charge in [0.25, 0.3) is 0 Å². The standard InChI is InChI=1S/C21H20Cl2N2O3S.2C2H6/c1-11(2)8-18-19(12-4-6-15(22)16(23)9-12)25-21(29-18)24-13-5-7-17(26)14(10-13)20(27)28-3;2*1-2/h4-7,9-11,26H,8H2,1-3H3,(H,24,25);2*1-2H3. The number of hydrogen-bond acceptors (Lipinski definition) is 6. The first-order chi connectivity index (χ1) is 15.8. The Labute approximate surface area is 210 Å². The number of thiazole rings is 1. The van der Waals surface area contributed by atoms with E-state index in [4.69, 9.17) is 32.9 Å². The molecule has 2 N–H and O–H groups in total. The van der Waals surface area contributed by atoms with Gasteiger partial charge in [-0.1, -0.05) is 70.8 Å². The Hall–Kier alpha value is -2.28. The maximum atomic E-state index is 11.8. The number of aromatic nitrogens is 1. The van der Waals surface area contributed by atoms with E-state index in [0.29, 0.717) is 26.8 Å². The second-order valence-electron chi connectivity index (χ2n) is 6.87. The van der Waals surface area contributed by atoms with Crippen LogP contribution in [0.4, 0.5) is 10.8 Å². The summed E-state index contributed by atoms with van der Waals surface area (Å²) in [6, 6.07) is 10.1. The molecule has 3 rings (SSSR count). The molecular formula is C25H32Cl2N2O3S. The van der Waals surface area contributed by atoms with E-state index in [1.54, 1.807) is 12.1 Å². The van der Waals surface area contributed by atoms with Crippen molar-refractivity contribution in [3.63, 3.8) is 0 Å². The van der Waals surface area contributed by atoms with Crippen molar-refractivity contribution >= 4 is 51.3 Å². The van der Waals surface area contributed by atoms with Crippen LogP contribution >= 0.6 is 34.5 Å². The molecule has 0 atom stereocenters. The van der Waals surface area contributed by atoms with Crippen molar-refractivity contribution in [3.8, 4) is 17.0 Å². The molecule has 0 unspecified atom stereocenters. The maximum Gasteiger partial charge on any atom is 0.341 e. The number of carbonyl (C=O) groups excluding carboxylic acids is 1. The lowest BCUT2D eigenvalue weighted by Crippen LogP contribution is -2.02.